The van der Waals surface area contributed by atoms with Gasteiger partial charge < -0.3 is 10.1 Å². The third-order valence-corrected chi connectivity index (χ3v) is 7.20. The highest BCUT2D eigenvalue weighted by Crippen LogP contribution is 2.32. The van der Waals surface area contributed by atoms with Crippen LogP contribution >= 0.6 is 11.6 Å². The average Bonchev–Trinajstić information content (AvgIpc) is 2.76. The summed E-state index contributed by atoms with van der Waals surface area (Å²) in [7, 11) is -3.88. The molecule has 0 bridgehead atoms. The summed E-state index contributed by atoms with van der Waals surface area (Å²) in [4.78, 5) is 12.8. The Kier molecular flexibility index (Phi) is 7.55. The topological polar surface area (TPSA) is 99.5 Å². The Hall–Kier alpha value is -2.60. The minimum atomic E-state index is -3.88. The lowest BCUT2D eigenvalue weighted by Crippen LogP contribution is -2.43. The number of nitrogens with zero attached hydrogens (tertiary/aromatic N) is 2. The van der Waals surface area contributed by atoms with E-state index in [2.05, 4.69) is 11.4 Å². The quantitative estimate of drug-likeness (QED) is 0.675. The molecule has 31 heavy (non-hydrogen) atoms. The number of hydrogen-bond acceptors (Lipinski definition) is 5. The molecule has 1 fully saturated rings. The van der Waals surface area contributed by atoms with E-state index in [-0.39, 0.29) is 23.1 Å². The van der Waals surface area contributed by atoms with Gasteiger partial charge in [0.15, 0.2) is 0 Å². The van der Waals surface area contributed by atoms with Gasteiger partial charge in [-0.2, -0.15) is 9.57 Å². The molecule has 164 valence electrons. The molecule has 1 amide bonds. The number of ether oxygens (including phenoxy) is 1. The molecule has 1 saturated heterocycles. The summed E-state index contributed by atoms with van der Waals surface area (Å²) in [5, 5.41) is 11.9. The van der Waals surface area contributed by atoms with Gasteiger partial charge in [-0.1, -0.05) is 23.7 Å². The molecule has 1 heterocycles. The van der Waals surface area contributed by atoms with Crippen molar-refractivity contribution in [2.45, 2.75) is 31.1 Å². The Balaban J connectivity index is 1.74. The second kappa shape index (κ2) is 10.1. The maximum absolute atomic E-state index is 13.3. The second-order valence-electron chi connectivity index (χ2n) is 7.25. The monoisotopic (exact) mass is 461 g/mol. The van der Waals surface area contributed by atoms with Gasteiger partial charge >= 0.3 is 0 Å². The van der Waals surface area contributed by atoms with Crippen LogP contribution in [0.15, 0.2) is 47.4 Å². The van der Waals surface area contributed by atoms with E-state index in [0.29, 0.717) is 43.1 Å². The van der Waals surface area contributed by atoms with Crippen molar-refractivity contribution in [2.75, 3.05) is 25.0 Å². The number of carbonyl (C=O) groups excluding carboxylic acids is 1. The van der Waals surface area contributed by atoms with Gasteiger partial charge in [-0.3, -0.25) is 4.79 Å². The summed E-state index contributed by atoms with van der Waals surface area (Å²) >= 11 is 6.04. The van der Waals surface area contributed by atoms with Crippen LogP contribution in [0.5, 0.6) is 5.75 Å². The number of amides is 1. The average molecular weight is 462 g/mol. The van der Waals surface area contributed by atoms with Gasteiger partial charge in [0, 0.05) is 23.8 Å². The van der Waals surface area contributed by atoms with E-state index in [1.54, 1.807) is 43.3 Å². The van der Waals surface area contributed by atoms with E-state index in [1.165, 1.54) is 10.4 Å². The Morgan fingerprint density at radius 3 is 2.71 bits per heavy atom. The predicted octanol–water partition coefficient (Wildman–Crippen LogP) is 3.84. The number of anilines is 1. The minimum Gasteiger partial charge on any atom is -0.492 e. The van der Waals surface area contributed by atoms with Crippen molar-refractivity contribution in [3.63, 3.8) is 0 Å². The van der Waals surface area contributed by atoms with Crippen molar-refractivity contribution in [2.24, 2.45) is 5.92 Å². The van der Waals surface area contributed by atoms with Crippen molar-refractivity contribution in [3.8, 4) is 11.8 Å². The molecule has 1 aliphatic heterocycles. The van der Waals surface area contributed by atoms with E-state index >= 15 is 0 Å². The molecule has 0 aromatic heterocycles. The van der Waals surface area contributed by atoms with Gasteiger partial charge in [-0.05, 0) is 55.7 Å². The largest absolute Gasteiger partial charge is 0.492 e. The number of nitrogens with one attached hydrogen (secondary N) is 1. The molecule has 0 saturated carbocycles. The van der Waals surface area contributed by atoms with Crippen LogP contribution in [0.4, 0.5) is 5.69 Å². The third-order valence-electron chi connectivity index (χ3n) is 5.08. The maximum Gasteiger partial charge on any atom is 0.246 e. The molecule has 1 N–H and O–H groups in total. The molecular weight excluding hydrogens is 438 g/mol. The summed E-state index contributed by atoms with van der Waals surface area (Å²) in [6.07, 6.45) is 1.47. The lowest BCUT2D eigenvalue weighted by Gasteiger charge is -2.31. The summed E-state index contributed by atoms with van der Waals surface area (Å²) in [6, 6.07) is 13.6. The zero-order chi connectivity index (χ0) is 22.4. The SMILES string of the molecule is CCOc1ccc(Cl)cc1S(=O)(=O)N1CCC[C@H](C(=O)Nc2ccc(CC#N)cc2)C1. The van der Waals surface area contributed by atoms with Crippen molar-refractivity contribution < 1.29 is 17.9 Å². The highest BCUT2D eigenvalue weighted by Gasteiger charge is 2.35. The van der Waals surface area contributed by atoms with Crippen molar-refractivity contribution in [1.29, 1.82) is 5.26 Å². The minimum absolute atomic E-state index is 0.0102. The third kappa shape index (κ3) is 5.56. The second-order valence-corrected chi connectivity index (χ2v) is 9.59. The molecule has 0 unspecified atom stereocenters. The van der Waals surface area contributed by atoms with Gasteiger partial charge in [-0.25, -0.2) is 8.42 Å². The van der Waals surface area contributed by atoms with E-state index in [4.69, 9.17) is 21.6 Å². The fraction of sp³-hybridized carbons (Fsp3) is 0.364. The fourth-order valence-electron chi connectivity index (χ4n) is 3.51. The number of sulfonamides is 1. The number of piperidine rings is 1. The number of nitriles is 1. The van der Waals surface area contributed by atoms with Crippen molar-refractivity contribution in [3.05, 3.63) is 53.1 Å². The van der Waals surface area contributed by atoms with E-state index in [0.717, 1.165) is 5.56 Å². The molecule has 2 aromatic carbocycles. The molecule has 1 aliphatic rings. The molecule has 7 nitrogen and oxygen atoms in total. The number of halogens is 1. The van der Waals surface area contributed by atoms with Gasteiger partial charge in [0.05, 0.1) is 25.0 Å². The van der Waals surface area contributed by atoms with Crippen molar-refractivity contribution in [1.82, 2.24) is 4.31 Å². The summed E-state index contributed by atoms with van der Waals surface area (Å²) in [5.74, 6) is -0.461. The zero-order valence-corrected chi connectivity index (χ0v) is 18.7. The van der Waals surface area contributed by atoms with Crippen LogP contribution in [-0.4, -0.2) is 38.3 Å². The van der Waals surface area contributed by atoms with E-state index in [9.17, 15) is 13.2 Å². The van der Waals surface area contributed by atoms with Gasteiger partial charge in [-0.15, -0.1) is 0 Å². The molecule has 3 rings (SSSR count). The van der Waals surface area contributed by atoms with Crippen LogP contribution in [0, 0.1) is 17.2 Å². The maximum atomic E-state index is 13.3. The number of rotatable bonds is 7. The number of hydrogen-bond donors (Lipinski definition) is 1. The van der Waals surface area contributed by atoms with Crippen LogP contribution in [0.1, 0.15) is 25.3 Å². The molecule has 9 heteroatoms. The lowest BCUT2D eigenvalue weighted by atomic mass is 9.98. The first-order chi connectivity index (χ1) is 14.8. The fourth-order valence-corrected chi connectivity index (χ4v) is 5.43. The van der Waals surface area contributed by atoms with Gasteiger partial charge in [0.25, 0.3) is 0 Å². The highest BCUT2D eigenvalue weighted by molar-refractivity contribution is 7.89. The first-order valence-electron chi connectivity index (χ1n) is 10.0. The molecule has 1 atom stereocenters. The van der Waals surface area contributed by atoms with E-state index in [1.807, 2.05) is 0 Å². The van der Waals surface area contributed by atoms with Crippen LogP contribution in [0.3, 0.4) is 0 Å². The van der Waals surface area contributed by atoms with Crippen LogP contribution in [0.25, 0.3) is 0 Å². The summed E-state index contributed by atoms with van der Waals surface area (Å²) < 4.78 is 33.4. The van der Waals surface area contributed by atoms with Crippen LogP contribution in [0.2, 0.25) is 5.02 Å². The molecule has 2 aromatic rings. The zero-order valence-electron chi connectivity index (χ0n) is 17.2. The standard InChI is InChI=1S/C22H24ClN3O4S/c1-2-30-20-10-7-18(23)14-21(20)31(28,29)26-13-3-4-17(15-26)22(27)25-19-8-5-16(6-9-19)11-12-24/h5-10,14,17H,2-4,11,13,15H2,1H3,(H,25,27)/t17-/m0/s1. The molecule has 0 spiro atoms. The number of carbonyl (C=O) groups is 1. The molecule has 0 aliphatic carbocycles. The van der Waals surface area contributed by atoms with Crippen molar-refractivity contribution >= 4 is 33.2 Å². The summed E-state index contributed by atoms with van der Waals surface area (Å²) in [5.41, 5.74) is 1.47. The Bertz CT molecular complexity index is 1080. The van der Waals surface area contributed by atoms with Gasteiger partial charge in [0.1, 0.15) is 10.6 Å². The Morgan fingerprint density at radius 2 is 2.03 bits per heavy atom. The summed E-state index contributed by atoms with van der Waals surface area (Å²) in [6.45, 7) is 2.51. The normalized spacial score (nSPS) is 17.0. The highest BCUT2D eigenvalue weighted by atomic mass is 35.5. The number of benzene rings is 2. The smallest absolute Gasteiger partial charge is 0.246 e. The van der Waals surface area contributed by atoms with Crippen LogP contribution < -0.4 is 10.1 Å². The van der Waals surface area contributed by atoms with Crippen LogP contribution in [-0.2, 0) is 21.2 Å². The molecular formula is C22H24ClN3O4S. The Labute approximate surface area is 187 Å². The predicted molar refractivity (Wildman–Crippen MR) is 118 cm³/mol. The van der Waals surface area contributed by atoms with Gasteiger partial charge in [0.2, 0.25) is 15.9 Å². The molecule has 0 radical (unpaired) electrons. The lowest BCUT2D eigenvalue weighted by molar-refractivity contribution is -0.120. The first kappa shape index (κ1) is 23.1. The Morgan fingerprint density at radius 1 is 1.29 bits per heavy atom. The first-order valence-corrected chi connectivity index (χ1v) is 11.9. The van der Waals surface area contributed by atoms with E-state index < -0.39 is 15.9 Å².